The number of amides is 1. The SMILES string of the molecule is Cn1ccc(C2CC3(C2)CN(C(=O)OC(C)(C)C)C3)n1. The Balaban J connectivity index is 1.49. The molecule has 2 fully saturated rings. The van der Waals surface area contributed by atoms with Crippen LogP contribution in [0.15, 0.2) is 12.3 Å². The number of aromatic nitrogens is 2. The van der Waals surface area contributed by atoms with E-state index < -0.39 is 5.60 Å². The molecule has 0 radical (unpaired) electrons. The van der Waals surface area contributed by atoms with E-state index in [1.807, 2.05) is 43.6 Å². The standard InChI is InChI=1S/C15H23N3O2/c1-14(2,3)20-13(19)18-9-15(10-18)7-11(8-15)12-5-6-17(4)16-12/h5-6,11H,7-10H2,1-4H3. The van der Waals surface area contributed by atoms with Gasteiger partial charge in [0.05, 0.1) is 5.69 Å². The third-order valence-electron chi connectivity index (χ3n) is 4.22. The van der Waals surface area contributed by atoms with Gasteiger partial charge in [-0.3, -0.25) is 4.68 Å². The van der Waals surface area contributed by atoms with E-state index in [1.165, 1.54) is 5.69 Å². The molecule has 1 aliphatic heterocycles. The van der Waals surface area contributed by atoms with Crippen LogP contribution in [-0.2, 0) is 11.8 Å². The quantitative estimate of drug-likeness (QED) is 0.792. The summed E-state index contributed by atoms with van der Waals surface area (Å²) in [7, 11) is 1.95. The number of hydrogen-bond acceptors (Lipinski definition) is 3. The highest BCUT2D eigenvalue weighted by Crippen LogP contribution is 2.55. The molecule has 0 aromatic carbocycles. The van der Waals surface area contributed by atoms with Crippen molar-refractivity contribution in [1.82, 2.24) is 14.7 Å². The Kier molecular flexibility index (Phi) is 2.85. The van der Waals surface area contributed by atoms with Crippen molar-refractivity contribution >= 4 is 6.09 Å². The summed E-state index contributed by atoms with van der Waals surface area (Å²) in [6.45, 7) is 7.39. The molecule has 1 aromatic rings. The Morgan fingerprint density at radius 3 is 2.55 bits per heavy atom. The summed E-state index contributed by atoms with van der Waals surface area (Å²) in [4.78, 5) is 13.7. The fourth-order valence-electron chi connectivity index (χ4n) is 3.32. The number of aryl methyl sites for hydroxylation is 1. The average Bonchev–Trinajstić information content (AvgIpc) is 2.57. The highest BCUT2D eigenvalue weighted by Gasteiger charge is 2.55. The Hall–Kier alpha value is -1.52. The monoisotopic (exact) mass is 277 g/mol. The van der Waals surface area contributed by atoms with Crippen LogP contribution in [0, 0.1) is 5.41 Å². The van der Waals surface area contributed by atoms with Crippen molar-refractivity contribution in [2.75, 3.05) is 13.1 Å². The predicted octanol–water partition coefficient (Wildman–Crippen LogP) is 2.53. The number of ether oxygens (including phenoxy) is 1. The minimum atomic E-state index is -0.407. The molecule has 1 spiro atoms. The second kappa shape index (κ2) is 4.24. The minimum Gasteiger partial charge on any atom is -0.444 e. The van der Waals surface area contributed by atoms with E-state index in [0.717, 1.165) is 25.9 Å². The Morgan fingerprint density at radius 2 is 2.05 bits per heavy atom. The second-order valence-electron chi connectivity index (χ2n) is 7.36. The van der Waals surface area contributed by atoms with Gasteiger partial charge in [-0.15, -0.1) is 0 Å². The number of hydrogen-bond donors (Lipinski definition) is 0. The van der Waals surface area contributed by atoms with Gasteiger partial charge >= 0.3 is 6.09 Å². The largest absolute Gasteiger partial charge is 0.444 e. The van der Waals surface area contributed by atoms with E-state index >= 15 is 0 Å². The number of nitrogens with zero attached hydrogens (tertiary/aromatic N) is 3. The molecule has 0 bridgehead atoms. The summed E-state index contributed by atoms with van der Waals surface area (Å²) in [6, 6.07) is 2.10. The number of likely N-dealkylation sites (tertiary alicyclic amines) is 1. The molecule has 20 heavy (non-hydrogen) atoms. The van der Waals surface area contributed by atoms with E-state index in [1.54, 1.807) is 0 Å². The van der Waals surface area contributed by atoms with E-state index in [4.69, 9.17) is 4.74 Å². The fourth-order valence-corrected chi connectivity index (χ4v) is 3.32. The molecule has 1 saturated heterocycles. The van der Waals surface area contributed by atoms with Crippen LogP contribution in [0.5, 0.6) is 0 Å². The molecule has 5 heteroatoms. The van der Waals surface area contributed by atoms with Gasteiger partial charge in [0.2, 0.25) is 0 Å². The van der Waals surface area contributed by atoms with Crippen molar-refractivity contribution in [3.05, 3.63) is 18.0 Å². The van der Waals surface area contributed by atoms with Gasteiger partial charge in [0, 0.05) is 37.7 Å². The zero-order valence-corrected chi connectivity index (χ0v) is 12.7. The summed E-state index contributed by atoms with van der Waals surface area (Å²) < 4.78 is 7.24. The highest BCUT2D eigenvalue weighted by molar-refractivity contribution is 5.69. The van der Waals surface area contributed by atoms with Crippen LogP contribution in [0.2, 0.25) is 0 Å². The van der Waals surface area contributed by atoms with Crippen molar-refractivity contribution < 1.29 is 9.53 Å². The molecule has 2 aliphatic rings. The first-order valence-electron chi connectivity index (χ1n) is 7.24. The van der Waals surface area contributed by atoms with Crippen molar-refractivity contribution in [3.63, 3.8) is 0 Å². The molecule has 1 aromatic heterocycles. The molecule has 3 rings (SSSR count). The third-order valence-corrected chi connectivity index (χ3v) is 4.22. The molecule has 110 valence electrons. The second-order valence-corrected chi connectivity index (χ2v) is 7.36. The number of carbonyl (C=O) groups excluding carboxylic acids is 1. The molecule has 0 atom stereocenters. The molecular weight excluding hydrogens is 254 g/mol. The topological polar surface area (TPSA) is 47.4 Å². The van der Waals surface area contributed by atoms with Crippen molar-refractivity contribution in [2.24, 2.45) is 12.5 Å². The zero-order chi connectivity index (χ0) is 14.5. The van der Waals surface area contributed by atoms with Gasteiger partial charge in [0.1, 0.15) is 5.60 Å². The molecule has 0 unspecified atom stereocenters. The van der Waals surface area contributed by atoms with Crippen LogP contribution in [0.4, 0.5) is 4.79 Å². The summed E-state index contributed by atoms with van der Waals surface area (Å²) in [5.74, 6) is 0.567. The van der Waals surface area contributed by atoms with Gasteiger partial charge in [-0.2, -0.15) is 5.10 Å². The normalized spacial score (nSPS) is 21.5. The van der Waals surface area contributed by atoms with Gasteiger partial charge in [0.15, 0.2) is 0 Å². The van der Waals surface area contributed by atoms with E-state index in [-0.39, 0.29) is 6.09 Å². The first-order chi connectivity index (χ1) is 9.26. The first kappa shape index (κ1) is 13.5. The van der Waals surface area contributed by atoms with Gasteiger partial charge in [-0.05, 0) is 39.7 Å². The van der Waals surface area contributed by atoms with Crippen LogP contribution in [0.1, 0.15) is 45.2 Å². The fraction of sp³-hybridized carbons (Fsp3) is 0.733. The molecule has 1 saturated carbocycles. The molecule has 2 heterocycles. The van der Waals surface area contributed by atoms with Crippen molar-refractivity contribution in [2.45, 2.75) is 45.1 Å². The van der Waals surface area contributed by atoms with Crippen LogP contribution >= 0.6 is 0 Å². The highest BCUT2D eigenvalue weighted by atomic mass is 16.6. The van der Waals surface area contributed by atoms with E-state index in [9.17, 15) is 4.79 Å². The maximum absolute atomic E-state index is 11.9. The van der Waals surface area contributed by atoms with E-state index in [0.29, 0.717) is 11.3 Å². The number of carbonyl (C=O) groups is 1. The first-order valence-corrected chi connectivity index (χ1v) is 7.24. The van der Waals surface area contributed by atoms with Crippen LogP contribution in [0.25, 0.3) is 0 Å². The average molecular weight is 277 g/mol. The summed E-state index contributed by atoms with van der Waals surface area (Å²) in [5, 5.41) is 4.47. The summed E-state index contributed by atoms with van der Waals surface area (Å²) in [5.41, 5.74) is 1.11. The maximum Gasteiger partial charge on any atom is 0.410 e. The number of rotatable bonds is 1. The van der Waals surface area contributed by atoms with Gasteiger partial charge < -0.3 is 9.64 Å². The van der Waals surface area contributed by atoms with Crippen LogP contribution in [-0.4, -0.2) is 39.5 Å². The summed E-state index contributed by atoms with van der Waals surface area (Å²) >= 11 is 0. The lowest BCUT2D eigenvalue weighted by Crippen LogP contribution is -2.63. The van der Waals surface area contributed by atoms with Gasteiger partial charge in [0.25, 0.3) is 0 Å². The van der Waals surface area contributed by atoms with Crippen molar-refractivity contribution in [1.29, 1.82) is 0 Å². The Morgan fingerprint density at radius 1 is 1.40 bits per heavy atom. The lowest BCUT2D eigenvalue weighted by molar-refractivity contribution is -0.0792. The molecule has 1 aliphatic carbocycles. The molecule has 1 amide bonds. The van der Waals surface area contributed by atoms with Crippen LogP contribution in [0.3, 0.4) is 0 Å². The Labute approximate surface area is 119 Å². The smallest absolute Gasteiger partial charge is 0.410 e. The lowest BCUT2D eigenvalue weighted by Gasteiger charge is -2.58. The molecular formula is C15H23N3O2. The maximum atomic E-state index is 11.9. The predicted molar refractivity (Wildman–Crippen MR) is 75.4 cm³/mol. The Bertz CT molecular complexity index is 515. The van der Waals surface area contributed by atoms with Gasteiger partial charge in [-0.25, -0.2) is 4.79 Å². The molecule has 0 N–H and O–H groups in total. The minimum absolute atomic E-state index is 0.176. The summed E-state index contributed by atoms with van der Waals surface area (Å²) in [6.07, 6.45) is 4.10. The van der Waals surface area contributed by atoms with Gasteiger partial charge in [-0.1, -0.05) is 0 Å². The lowest BCUT2D eigenvalue weighted by atomic mass is 9.57. The van der Waals surface area contributed by atoms with E-state index in [2.05, 4.69) is 11.2 Å². The van der Waals surface area contributed by atoms with Crippen molar-refractivity contribution in [3.8, 4) is 0 Å². The molecule has 5 nitrogen and oxygen atoms in total. The van der Waals surface area contributed by atoms with Crippen LogP contribution < -0.4 is 0 Å². The zero-order valence-electron chi connectivity index (χ0n) is 12.7. The third kappa shape index (κ3) is 2.41.